The van der Waals surface area contributed by atoms with Crippen LogP contribution in [0.2, 0.25) is 0 Å². The van der Waals surface area contributed by atoms with Gasteiger partial charge in [0, 0.05) is 36.5 Å². The number of benzene rings is 1. The summed E-state index contributed by atoms with van der Waals surface area (Å²) in [6, 6.07) is 3.88. The Morgan fingerprint density at radius 2 is 2.11 bits per heavy atom. The molecule has 1 unspecified atom stereocenters. The average molecular weight is 512 g/mol. The second kappa shape index (κ2) is 10.00. The predicted octanol–water partition coefficient (Wildman–Crippen LogP) is 3.96. The van der Waals surface area contributed by atoms with Crippen molar-refractivity contribution in [3.63, 3.8) is 0 Å². The van der Waals surface area contributed by atoms with Crippen molar-refractivity contribution >= 4 is 60.7 Å². The van der Waals surface area contributed by atoms with Crippen LogP contribution in [0.1, 0.15) is 23.8 Å². The molecule has 0 radical (unpaired) electrons. The third-order valence-corrected chi connectivity index (χ3v) is 8.38. The molecular weight excluding hydrogens is 482 g/mol. The summed E-state index contributed by atoms with van der Waals surface area (Å²) in [5.74, 6) is 1.72. The largest absolute Gasteiger partial charge is 0.494 e. The number of amides is 1. The molecule has 3 heterocycles. The number of aryl methyl sites for hydroxylation is 1. The van der Waals surface area contributed by atoms with Gasteiger partial charge in [-0.05, 0) is 63.4 Å². The van der Waals surface area contributed by atoms with Crippen molar-refractivity contribution in [2.24, 2.45) is 5.92 Å². The van der Waals surface area contributed by atoms with E-state index in [1.54, 1.807) is 24.8 Å². The van der Waals surface area contributed by atoms with E-state index in [2.05, 4.69) is 36.7 Å². The Morgan fingerprint density at radius 1 is 1.26 bits per heavy atom. The second-order valence-electron chi connectivity index (χ2n) is 8.99. The number of methoxy groups -OCH3 is 1. The van der Waals surface area contributed by atoms with Gasteiger partial charge in [-0.25, -0.2) is 9.97 Å². The minimum absolute atomic E-state index is 0.0170. The Bertz CT molecular complexity index is 1370. The molecular formula is C24H29N7O2S2. The van der Waals surface area contributed by atoms with E-state index < -0.39 is 0 Å². The quantitative estimate of drug-likeness (QED) is 0.380. The molecule has 1 aliphatic rings. The molecule has 9 nitrogen and oxygen atoms in total. The molecule has 11 heteroatoms. The molecule has 0 saturated carbocycles. The molecule has 0 saturated heterocycles. The van der Waals surface area contributed by atoms with Crippen molar-refractivity contribution in [3.05, 3.63) is 28.9 Å². The molecule has 5 rings (SSSR count). The number of carbonyl (C=O) groups excluding carboxylic acids is 1. The highest BCUT2D eigenvalue weighted by Gasteiger charge is 2.31. The van der Waals surface area contributed by atoms with Gasteiger partial charge in [-0.1, -0.05) is 4.49 Å². The number of carbonyl (C=O) groups is 1. The maximum absolute atomic E-state index is 13.3. The van der Waals surface area contributed by atoms with Gasteiger partial charge in [0.2, 0.25) is 5.91 Å². The van der Waals surface area contributed by atoms with Crippen LogP contribution in [0.25, 0.3) is 20.4 Å². The topological polar surface area (TPSA) is 96.4 Å². The number of likely N-dealkylation sites (N-methyl/N-ethyl adjacent to an activating group) is 2. The monoisotopic (exact) mass is 511 g/mol. The highest BCUT2D eigenvalue weighted by atomic mass is 32.1. The van der Waals surface area contributed by atoms with Crippen LogP contribution >= 0.6 is 22.9 Å². The fourth-order valence-corrected chi connectivity index (χ4v) is 6.47. The molecule has 1 aliphatic carbocycles. The highest BCUT2D eigenvalue weighted by Crippen LogP contribution is 2.42. The fraction of sp³-hybridized carbons (Fsp3) is 0.458. The Balaban J connectivity index is 1.43. The summed E-state index contributed by atoms with van der Waals surface area (Å²) in [5, 5.41) is 8.66. The van der Waals surface area contributed by atoms with E-state index in [9.17, 15) is 4.79 Å². The Labute approximate surface area is 212 Å². The Hall–Kier alpha value is -2.89. The lowest BCUT2D eigenvalue weighted by molar-refractivity contribution is -0.135. The van der Waals surface area contributed by atoms with E-state index in [1.807, 2.05) is 31.1 Å². The van der Waals surface area contributed by atoms with E-state index in [-0.39, 0.29) is 11.8 Å². The molecule has 4 aromatic rings. The summed E-state index contributed by atoms with van der Waals surface area (Å²) >= 11 is 3.02. The number of nitrogens with zero attached hydrogens (tertiary/aromatic N) is 6. The van der Waals surface area contributed by atoms with Crippen LogP contribution in [0, 0.1) is 5.92 Å². The number of anilines is 2. The second-order valence-corrected chi connectivity index (χ2v) is 10.9. The van der Waals surface area contributed by atoms with Crippen molar-refractivity contribution in [3.8, 4) is 5.75 Å². The predicted molar refractivity (Wildman–Crippen MR) is 141 cm³/mol. The molecule has 1 aromatic carbocycles. The number of rotatable bonds is 8. The van der Waals surface area contributed by atoms with Crippen LogP contribution < -0.4 is 10.1 Å². The maximum atomic E-state index is 13.3. The molecule has 184 valence electrons. The lowest BCUT2D eigenvalue weighted by atomic mass is 9.87. The third kappa shape index (κ3) is 4.67. The van der Waals surface area contributed by atoms with Crippen molar-refractivity contribution in [2.45, 2.75) is 26.2 Å². The van der Waals surface area contributed by atoms with Crippen molar-refractivity contribution < 1.29 is 9.53 Å². The number of thiophene rings is 1. The normalized spacial score (nSPS) is 15.5. The summed E-state index contributed by atoms with van der Waals surface area (Å²) in [4.78, 5) is 28.7. The third-order valence-electron chi connectivity index (χ3n) is 6.53. The van der Waals surface area contributed by atoms with Crippen molar-refractivity contribution in [1.82, 2.24) is 29.4 Å². The van der Waals surface area contributed by atoms with Crippen LogP contribution in [0.4, 0.5) is 11.5 Å². The minimum Gasteiger partial charge on any atom is -0.494 e. The molecule has 1 amide bonds. The molecule has 1 N–H and O–H groups in total. The molecule has 0 fully saturated rings. The first kappa shape index (κ1) is 23.8. The average Bonchev–Trinajstić information content (AvgIpc) is 3.47. The van der Waals surface area contributed by atoms with E-state index in [4.69, 9.17) is 4.74 Å². The Morgan fingerprint density at radius 3 is 2.89 bits per heavy atom. The standard InChI is InChI=1S/C24H29N7O2S2/c1-5-31(9-8-30(2)3)24(32)14-6-7-15-19(10-14)34-23-21(15)22(25-13-26-23)27-16-12-20-17(28-29-35-20)11-18(16)33-4/h11-14H,5-10H2,1-4H3,(H,25,26,27). The van der Waals surface area contributed by atoms with E-state index in [0.29, 0.717) is 5.75 Å². The summed E-state index contributed by atoms with van der Waals surface area (Å²) in [6.45, 7) is 4.43. The van der Waals surface area contributed by atoms with E-state index >= 15 is 0 Å². The van der Waals surface area contributed by atoms with E-state index in [0.717, 1.165) is 70.8 Å². The molecule has 0 aliphatic heterocycles. The summed E-state index contributed by atoms with van der Waals surface area (Å²) < 4.78 is 10.6. The minimum atomic E-state index is 0.0170. The number of ether oxygens (including phenoxy) is 1. The lowest BCUT2D eigenvalue weighted by Crippen LogP contribution is -2.41. The number of hydrogen-bond acceptors (Lipinski definition) is 10. The lowest BCUT2D eigenvalue weighted by Gasteiger charge is -2.29. The smallest absolute Gasteiger partial charge is 0.226 e. The molecule has 1 atom stereocenters. The maximum Gasteiger partial charge on any atom is 0.226 e. The van der Waals surface area contributed by atoms with Crippen LogP contribution in [-0.2, 0) is 17.6 Å². The van der Waals surface area contributed by atoms with Gasteiger partial charge in [0.05, 0.1) is 22.9 Å². The number of aromatic nitrogens is 4. The van der Waals surface area contributed by atoms with E-state index in [1.165, 1.54) is 22.0 Å². The SMILES string of the molecule is CCN(CCN(C)C)C(=O)C1CCc2c(sc3ncnc(Nc4cc5snnc5cc4OC)c23)C1. The number of hydrogen-bond donors (Lipinski definition) is 1. The summed E-state index contributed by atoms with van der Waals surface area (Å²) in [7, 11) is 5.72. The van der Waals surface area contributed by atoms with Crippen LogP contribution in [0.5, 0.6) is 5.75 Å². The zero-order chi connectivity index (χ0) is 24.5. The van der Waals surface area contributed by atoms with Gasteiger partial charge < -0.3 is 19.9 Å². The first-order valence-corrected chi connectivity index (χ1v) is 13.3. The molecule has 0 bridgehead atoms. The van der Waals surface area contributed by atoms with Gasteiger partial charge in [-0.3, -0.25) is 4.79 Å². The summed E-state index contributed by atoms with van der Waals surface area (Å²) in [6.07, 6.45) is 4.03. The van der Waals surface area contributed by atoms with Crippen molar-refractivity contribution in [2.75, 3.05) is 46.2 Å². The highest BCUT2D eigenvalue weighted by molar-refractivity contribution is 7.19. The zero-order valence-electron chi connectivity index (χ0n) is 20.4. The van der Waals surface area contributed by atoms with Crippen LogP contribution in [0.15, 0.2) is 18.5 Å². The zero-order valence-corrected chi connectivity index (χ0v) is 22.0. The first-order valence-electron chi connectivity index (χ1n) is 11.7. The molecule has 35 heavy (non-hydrogen) atoms. The van der Waals surface area contributed by atoms with Crippen LogP contribution in [0.3, 0.4) is 0 Å². The van der Waals surface area contributed by atoms with Gasteiger partial charge in [-0.15, -0.1) is 16.4 Å². The molecule has 3 aromatic heterocycles. The first-order chi connectivity index (χ1) is 17.0. The van der Waals surface area contributed by atoms with Gasteiger partial charge in [0.15, 0.2) is 0 Å². The van der Waals surface area contributed by atoms with Crippen molar-refractivity contribution in [1.29, 1.82) is 0 Å². The van der Waals surface area contributed by atoms with Gasteiger partial charge >= 0.3 is 0 Å². The Kier molecular flexibility index (Phi) is 6.81. The fourth-order valence-electron chi connectivity index (χ4n) is 4.62. The van der Waals surface area contributed by atoms with Crippen LogP contribution in [-0.4, -0.2) is 76.1 Å². The van der Waals surface area contributed by atoms with Gasteiger partial charge in [0.25, 0.3) is 0 Å². The van der Waals surface area contributed by atoms with Gasteiger partial charge in [-0.2, -0.15) is 0 Å². The number of fused-ring (bicyclic) bond motifs is 4. The molecule has 0 spiro atoms. The number of nitrogens with one attached hydrogen (secondary N) is 1. The summed E-state index contributed by atoms with van der Waals surface area (Å²) in [5.41, 5.74) is 2.88. The van der Waals surface area contributed by atoms with Gasteiger partial charge in [0.1, 0.15) is 28.2 Å².